The summed E-state index contributed by atoms with van der Waals surface area (Å²) < 4.78 is 0. The number of nitrogens with zero attached hydrogens (tertiary/aromatic N) is 1. The van der Waals surface area contributed by atoms with Crippen molar-refractivity contribution in [3.05, 3.63) is 68.6 Å². The standard InChI is InChI=1S/C20H18Cl2N4OS2/c1-11(2)19-26-17(10-29-19)18(27)23-12-3-5-13(6-4-12)24-20(28)25-14-7-8-15(21)16(22)9-14/h3-11H,1-2H3,(H,23,27)(H2,24,25,28). The Morgan fingerprint density at radius 2 is 1.55 bits per heavy atom. The highest BCUT2D eigenvalue weighted by atomic mass is 35.5. The quantitative estimate of drug-likeness (QED) is 0.369. The number of thiazole rings is 1. The number of rotatable bonds is 5. The number of anilines is 3. The SMILES string of the molecule is CC(C)c1nc(C(=O)Nc2ccc(NC(=S)Nc3ccc(Cl)c(Cl)c3)cc2)cs1. The second-order valence-corrected chi connectivity index (χ2v) is 8.58. The number of hydrogen-bond donors (Lipinski definition) is 3. The zero-order chi connectivity index (χ0) is 21.0. The van der Waals surface area contributed by atoms with Crippen molar-refractivity contribution in [2.45, 2.75) is 19.8 Å². The average Bonchev–Trinajstić information content (AvgIpc) is 3.17. The van der Waals surface area contributed by atoms with Gasteiger partial charge in [0.25, 0.3) is 5.91 Å². The van der Waals surface area contributed by atoms with Crippen LogP contribution in [0.5, 0.6) is 0 Å². The maximum absolute atomic E-state index is 12.3. The van der Waals surface area contributed by atoms with Gasteiger partial charge in [-0.25, -0.2) is 4.98 Å². The van der Waals surface area contributed by atoms with Crippen LogP contribution in [0.25, 0.3) is 0 Å². The van der Waals surface area contributed by atoms with Crippen LogP contribution >= 0.6 is 46.8 Å². The predicted octanol–water partition coefficient (Wildman–Crippen LogP) is 6.63. The first-order valence-corrected chi connectivity index (χ1v) is 10.8. The lowest BCUT2D eigenvalue weighted by atomic mass is 10.2. The lowest BCUT2D eigenvalue weighted by molar-refractivity contribution is 0.102. The van der Waals surface area contributed by atoms with Crippen LogP contribution in [0.4, 0.5) is 17.1 Å². The minimum Gasteiger partial charge on any atom is -0.332 e. The van der Waals surface area contributed by atoms with Crippen molar-refractivity contribution < 1.29 is 4.79 Å². The molecule has 0 fully saturated rings. The summed E-state index contributed by atoms with van der Waals surface area (Å²) >= 11 is 18.7. The Bertz CT molecular complexity index is 1040. The molecular weight excluding hydrogens is 447 g/mol. The molecule has 0 spiro atoms. The molecule has 150 valence electrons. The third-order valence-corrected chi connectivity index (χ3v) is 5.92. The third kappa shape index (κ3) is 5.90. The van der Waals surface area contributed by atoms with E-state index >= 15 is 0 Å². The average molecular weight is 465 g/mol. The molecule has 0 radical (unpaired) electrons. The molecule has 3 N–H and O–H groups in total. The number of nitrogens with one attached hydrogen (secondary N) is 3. The fourth-order valence-electron chi connectivity index (χ4n) is 2.36. The maximum atomic E-state index is 12.3. The van der Waals surface area contributed by atoms with Gasteiger partial charge in [-0.1, -0.05) is 37.0 Å². The van der Waals surface area contributed by atoms with Crippen molar-refractivity contribution in [3.63, 3.8) is 0 Å². The molecule has 5 nitrogen and oxygen atoms in total. The van der Waals surface area contributed by atoms with E-state index in [-0.39, 0.29) is 5.91 Å². The molecule has 3 rings (SSSR count). The van der Waals surface area contributed by atoms with Crippen molar-refractivity contribution >= 4 is 74.8 Å². The molecule has 0 saturated heterocycles. The van der Waals surface area contributed by atoms with Crippen LogP contribution in [-0.2, 0) is 0 Å². The van der Waals surface area contributed by atoms with Crippen LogP contribution in [0.15, 0.2) is 47.8 Å². The van der Waals surface area contributed by atoms with Crippen LogP contribution < -0.4 is 16.0 Å². The van der Waals surface area contributed by atoms with E-state index in [1.807, 2.05) is 26.0 Å². The second-order valence-electron chi connectivity index (χ2n) is 6.47. The van der Waals surface area contributed by atoms with Crippen molar-refractivity contribution in [3.8, 4) is 0 Å². The van der Waals surface area contributed by atoms with E-state index < -0.39 is 0 Å². The number of halogens is 2. The van der Waals surface area contributed by atoms with Gasteiger partial charge in [0.05, 0.1) is 15.1 Å². The Morgan fingerprint density at radius 1 is 0.966 bits per heavy atom. The van der Waals surface area contributed by atoms with Gasteiger partial charge < -0.3 is 16.0 Å². The Balaban J connectivity index is 1.57. The molecule has 0 aliphatic rings. The molecule has 0 saturated carbocycles. The summed E-state index contributed by atoms with van der Waals surface area (Å²) in [4.78, 5) is 16.7. The molecule has 3 aromatic rings. The number of carbonyl (C=O) groups is 1. The molecule has 0 bridgehead atoms. The van der Waals surface area contributed by atoms with Crippen LogP contribution in [-0.4, -0.2) is 16.0 Å². The zero-order valence-corrected chi connectivity index (χ0v) is 18.8. The molecule has 0 aliphatic heterocycles. The number of hydrogen-bond acceptors (Lipinski definition) is 4. The molecule has 9 heteroatoms. The summed E-state index contributed by atoms with van der Waals surface area (Å²) in [5.41, 5.74) is 2.59. The van der Waals surface area contributed by atoms with Crippen molar-refractivity contribution in [1.29, 1.82) is 0 Å². The van der Waals surface area contributed by atoms with Gasteiger partial charge in [0, 0.05) is 28.4 Å². The number of carbonyl (C=O) groups excluding carboxylic acids is 1. The van der Waals surface area contributed by atoms with E-state index in [2.05, 4.69) is 20.9 Å². The number of benzene rings is 2. The van der Waals surface area contributed by atoms with E-state index in [0.29, 0.717) is 32.5 Å². The molecular formula is C20H18Cl2N4OS2. The van der Waals surface area contributed by atoms with E-state index in [1.165, 1.54) is 11.3 Å². The monoisotopic (exact) mass is 464 g/mol. The Morgan fingerprint density at radius 3 is 2.14 bits per heavy atom. The Kier molecular flexibility index (Phi) is 7.08. The summed E-state index contributed by atoms with van der Waals surface area (Å²) in [5, 5.41) is 13.0. The minimum absolute atomic E-state index is 0.231. The van der Waals surface area contributed by atoms with E-state index in [4.69, 9.17) is 35.4 Å². The van der Waals surface area contributed by atoms with Gasteiger partial charge in [-0.05, 0) is 54.7 Å². The van der Waals surface area contributed by atoms with Crippen LogP contribution in [0.1, 0.15) is 35.3 Å². The van der Waals surface area contributed by atoms with Gasteiger partial charge in [0.15, 0.2) is 5.11 Å². The van der Waals surface area contributed by atoms with E-state index in [1.54, 1.807) is 35.7 Å². The van der Waals surface area contributed by atoms with Gasteiger partial charge in [0.1, 0.15) is 5.69 Å². The smallest absolute Gasteiger partial charge is 0.275 e. The van der Waals surface area contributed by atoms with Gasteiger partial charge >= 0.3 is 0 Å². The van der Waals surface area contributed by atoms with Gasteiger partial charge in [-0.3, -0.25) is 4.79 Å². The molecule has 0 atom stereocenters. The highest BCUT2D eigenvalue weighted by Crippen LogP contribution is 2.25. The molecule has 2 aromatic carbocycles. The third-order valence-electron chi connectivity index (χ3n) is 3.83. The first kappa shape index (κ1) is 21.5. The van der Waals surface area contributed by atoms with Crippen molar-refractivity contribution in [1.82, 2.24) is 4.98 Å². The van der Waals surface area contributed by atoms with Gasteiger partial charge in [-0.2, -0.15) is 0 Å². The molecule has 29 heavy (non-hydrogen) atoms. The maximum Gasteiger partial charge on any atom is 0.275 e. The summed E-state index contributed by atoms with van der Waals surface area (Å²) in [6.07, 6.45) is 0. The fourth-order valence-corrected chi connectivity index (χ4v) is 3.71. The normalized spacial score (nSPS) is 10.7. The lowest BCUT2D eigenvalue weighted by Crippen LogP contribution is -2.19. The molecule has 1 heterocycles. The van der Waals surface area contributed by atoms with Crippen molar-refractivity contribution in [2.24, 2.45) is 0 Å². The summed E-state index contributed by atoms with van der Waals surface area (Å²) in [6.45, 7) is 4.10. The Labute approximate surface area is 188 Å². The van der Waals surface area contributed by atoms with Crippen LogP contribution in [0.3, 0.4) is 0 Å². The number of thiocarbonyl (C=S) groups is 1. The van der Waals surface area contributed by atoms with Gasteiger partial charge in [0.2, 0.25) is 0 Å². The largest absolute Gasteiger partial charge is 0.332 e. The second kappa shape index (κ2) is 9.54. The predicted molar refractivity (Wildman–Crippen MR) is 127 cm³/mol. The van der Waals surface area contributed by atoms with E-state index in [9.17, 15) is 4.79 Å². The highest BCUT2D eigenvalue weighted by Gasteiger charge is 2.13. The first-order chi connectivity index (χ1) is 13.8. The van der Waals surface area contributed by atoms with E-state index in [0.717, 1.165) is 16.4 Å². The molecule has 0 unspecified atom stereocenters. The number of amides is 1. The topological polar surface area (TPSA) is 66.0 Å². The summed E-state index contributed by atoms with van der Waals surface area (Å²) in [7, 11) is 0. The fraction of sp³-hybridized carbons (Fsp3) is 0.150. The first-order valence-electron chi connectivity index (χ1n) is 8.71. The van der Waals surface area contributed by atoms with Crippen molar-refractivity contribution in [2.75, 3.05) is 16.0 Å². The minimum atomic E-state index is -0.231. The zero-order valence-electron chi connectivity index (χ0n) is 15.6. The number of aromatic nitrogens is 1. The molecule has 0 aliphatic carbocycles. The lowest BCUT2D eigenvalue weighted by Gasteiger charge is -2.12. The molecule has 1 amide bonds. The Hall–Kier alpha value is -2.19. The van der Waals surface area contributed by atoms with Gasteiger partial charge in [-0.15, -0.1) is 11.3 Å². The summed E-state index contributed by atoms with van der Waals surface area (Å²) in [6, 6.07) is 12.4. The summed E-state index contributed by atoms with van der Waals surface area (Å²) in [5.74, 6) is 0.0684. The van der Waals surface area contributed by atoms with Crippen LogP contribution in [0.2, 0.25) is 10.0 Å². The molecule has 1 aromatic heterocycles. The highest BCUT2D eigenvalue weighted by molar-refractivity contribution is 7.80. The van der Waals surface area contributed by atoms with Crippen LogP contribution in [0, 0.1) is 0 Å².